The topological polar surface area (TPSA) is 27.7 Å². The molecule has 25 heavy (non-hydrogen) atoms. The maximum Gasteiger partial charge on any atom is 0.192 e. The summed E-state index contributed by atoms with van der Waals surface area (Å²) in [5, 5.41) is 0.406. The van der Waals surface area contributed by atoms with Crippen LogP contribution in [0.4, 0.5) is 0 Å². The van der Waals surface area contributed by atoms with Crippen molar-refractivity contribution in [2.75, 3.05) is 7.11 Å². The van der Waals surface area contributed by atoms with E-state index in [9.17, 15) is 0 Å². The molecule has 1 aliphatic rings. The van der Waals surface area contributed by atoms with Gasteiger partial charge in [-0.3, -0.25) is 0 Å². The maximum absolute atomic E-state index is 6.70. The Balaban J connectivity index is 2.98. The summed E-state index contributed by atoms with van der Waals surface area (Å²) in [5.41, 5.74) is 1.19. The highest BCUT2D eigenvalue weighted by atomic mass is 28.4. The summed E-state index contributed by atoms with van der Waals surface area (Å²) in [7, 11) is -1.96. The van der Waals surface area contributed by atoms with Gasteiger partial charge in [0.05, 0.1) is 25.6 Å². The molecule has 0 unspecified atom stereocenters. The molecule has 0 bridgehead atoms. The Hall–Kier alpha value is -0.366. The zero-order valence-corrected chi connectivity index (χ0v) is 20.3. The van der Waals surface area contributed by atoms with Crippen molar-refractivity contribution in [3.8, 4) is 0 Å². The molecule has 0 saturated heterocycles. The van der Waals surface area contributed by atoms with Gasteiger partial charge >= 0.3 is 0 Å². The summed E-state index contributed by atoms with van der Waals surface area (Å²) in [5.74, 6) is 0. The molecule has 5 heteroatoms. The van der Waals surface area contributed by atoms with Gasteiger partial charge < -0.3 is 13.6 Å². The van der Waals surface area contributed by atoms with Crippen molar-refractivity contribution in [1.29, 1.82) is 0 Å². The van der Waals surface area contributed by atoms with Crippen LogP contribution in [-0.4, -0.2) is 36.0 Å². The largest absolute Gasteiger partial charge is 0.504 e. The minimum absolute atomic E-state index is 0.0991. The van der Waals surface area contributed by atoms with E-state index in [1.807, 2.05) is 6.08 Å². The molecule has 0 aromatic heterocycles. The number of rotatable bonds is 6. The van der Waals surface area contributed by atoms with Gasteiger partial charge in [0.15, 0.2) is 16.6 Å². The van der Waals surface area contributed by atoms with Crippen LogP contribution in [-0.2, 0) is 13.6 Å². The Morgan fingerprint density at radius 1 is 0.920 bits per heavy atom. The molecule has 2 atom stereocenters. The van der Waals surface area contributed by atoms with Gasteiger partial charge in [0, 0.05) is 6.42 Å². The third kappa shape index (κ3) is 5.81. The van der Waals surface area contributed by atoms with E-state index in [1.54, 1.807) is 13.4 Å². The molecule has 0 fully saturated rings. The van der Waals surface area contributed by atoms with Gasteiger partial charge in [-0.25, -0.2) is 0 Å². The van der Waals surface area contributed by atoms with Gasteiger partial charge in [0.2, 0.25) is 0 Å². The number of methoxy groups -OCH3 is 1. The van der Waals surface area contributed by atoms with E-state index in [2.05, 4.69) is 73.8 Å². The summed E-state index contributed by atoms with van der Waals surface area (Å²) >= 11 is 0. The van der Waals surface area contributed by atoms with Crippen molar-refractivity contribution in [2.45, 2.75) is 96.4 Å². The van der Waals surface area contributed by atoms with Crippen molar-refractivity contribution in [3.63, 3.8) is 0 Å². The van der Waals surface area contributed by atoms with Crippen molar-refractivity contribution in [1.82, 2.24) is 0 Å². The van der Waals surface area contributed by atoms with Crippen LogP contribution in [0.5, 0.6) is 0 Å². The summed E-state index contributed by atoms with van der Waals surface area (Å²) in [4.78, 5) is 0. The molecule has 1 rings (SSSR count). The lowest BCUT2D eigenvalue weighted by atomic mass is 10.2. The minimum atomic E-state index is -1.84. The van der Waals surface area contributed by atoms with E-state index in [0.29, 0.717) is 0 Å². The molecule has 0 spiro atoms. The Labute approximate surface area is 158 Å². The maximum atomic E-state index is 6.70. The third-order valence-corrected chi connectivity index (χ3v) is 15.1. The molecule has 1 aliphatic carbocycles. The van der Waals surface area contributed by atoms with Gasteiger partial charge in [-0.05, 0) is 47.9 Å². The fourth-order valence-electron chi connectivity index (χ4n) is 2.33. The van der Waals surface area contributed by atoms with E-state index < -0.39 is 16.6 Å². The van der Waals surface area contributed by atoms with Crippen molar-refractivity contribution >= 4 is 16.6 Å². The van der Waals surface area contributed by atoms with E-state index in [4.69, 9.17) is 13.6 Å². The van der Waals surface area contributed by atoms with E-state index in [1.165, 1.54) is 5.57 Å². The van der Waals surface area contributed by atoms with E-state index in [-0.39, 0.29) is 22.3 Å². The van der Waals surface area contributed by atoms with Crippen molar-refractivity contribution in [3.05, 3.63) is 24.0 Å². The fraction of sp³-hybridized carbons (Fsp3) is 0.800. The second-order valence-corrected chi connectivity index (χ2v) is 19.7. The monoisotopic (exact) mass is 384 g/mol. The molecule has 0 N–H and O–H groups in total. The highest BCUT2D eigenvalue weighted by Gasteiger charge is 2.44. The van der Waals surface area contributed by atoms with Gasteiger partial charge in [0.1, 0.15) is 0 Å². The molecule has 0 heterocycles. The van der Waals surface area contributed by atoms with Gasteiger partial charge in [0.25, 0.3) is 0 Å². The second-order valence-electron chi connectivity index (χ2n) is 10.2. The van der Waals surface area contributed by atoms with Crippen LogP contribution < -0.4 is 0 Å². The Morgan fingerprint density at radius 3 is 1.84 bits per heavy atom. The number of ether oxygens (including phenoxy) is 1. The lowest BCUT2D eigenvalue weighted by Crippen LogP contribution is -2.45. The van der Waals surface area contributed by atoms with Crippen LogP contribution in [0.25, 0.3) is 0 Å². The van der Waals surface area contributed by atoms with Crippen LogP contribution in [0, 0.1) is 0 Å². The van der Waals surface area contributed by atoms with Crippen LogP contribution in [0.1, 0.15) is 48.0 Å². The first-order chi connectivity index (χ1) is 11.1. The summed E-state index contributed by atoms with van der Waals surface area (Å²) in [6, 6.07) is 0. The average molecular weight is 385 g/mol. The standard InChI is InChI=1S/C20H40O3Si2/c1-19(2,3)24(8,9)22-17-14-16(12-13-21-7)18(15-17)23-25(10,11)20(4,5)6/h12-14,17-18H,15H2,1-11H3/b13-12+/t17-,18-/m0/s1. The molecule has 0 aliphatic heterocycles. The third-order valence-electron chi connectivity index (χ3n) is 6.09. The first-order valence-corrected chi connectivity index (χ1v) is 15.2. The second kappa shape index (κ2) is 7.71. The highest BCUT2D eigenvalue weighted by molar-refractivity contribution is 6.74. The zero-order chi connectivity index (χ0) is 19.7. The SMILES string of the molecule is CO/C=C/C1=C[C@H](O[Si](C)(C)C(C)(C)C)C[C@@H]1O[Si](C)(C)C(C)(C)C. The number of hydrogen-bond acceptors (Lipinski definition) is 3. The lowest BCUT2D eigenvalue weighted by molar-refractivity contribution is 0.156. The Kier molecular flexibility index (Phi) is 6.99. The molecular weight excluding hydrogens is 344 g/mol. The summed E-state index contributed by atoms with van der Waals surface area (Å²) < 4.78 is 18.5. The Morgan fingerprint density at radius 2 is 1.40 bits per heavy atom. The Bertz CT molecular complexity index is 508. The van der Waals surface area contributed by atoms with Crippen LogP contribution in [0.15, 0.2) is 24.0 Å². The molecule has 3 nitrogen and oxygen atoms in total. The lowest BCUT2D eigenvalue weighted by Gasteiger charge is -2.40. The summed E-state index contributed by atoms with van der Waals surface area (Å²) in [6.45, 7) is 23.0. The predicted molar refractivity (Wildman–Crippen MR) is 113 cm³/mol. The normalized spacial score (nSPS) is 23.2. The quantitative estimate of drug-likeness (QED) is 0.400. The van der Waals surface area contributed by atoms with E-state index >= 15 is 0 Å². The van der Waals surface area contributed by atoms with Gasteiger partial charge in [-0.2, -0.15) is 0 Å². The average Bonchev–Trinajstić information content (AvgIpc) is 2.74. The fourth-order valence-corrected chi connectivity index (χ4v) is 4.90. The highest BCUT2D eigenvalue weighted by Crippen LogP contribution is 2.42. The molecule has 0 saturated carbocycles. The first-order valence-electron chi connectivity index (χ1n) is 9.37. The van der Waals surface area contributed by atoms with E-state index in [0.717, 1.165) is 6.42 Å². The molecule has 0 radical (unpaired) electrons. The molecule has 0 aromatic carbocycles. The van der Waals surface area contributed by atoms with Crippen LogP contribution >= 0.6 is 0 Å². The van der Waals surface area contributed by atoms with Gasteiger partial charge in [-0.1, -0.05) is 47.6 Å². The minimum Gasteiger partial charge on any atom is -0.504 e. The van der Waals surface area contributed by atoms with Crippen LogP contribution in [0.2, 0.25) is 36.3 Å². The first kappa shape index (κ1) is 22.7. The van der Waals surface area contributed by atoms with Crippen molar-refractivity contribution in [2.24, 2.45) is 0 Å². The van der Waals surface area contributed by atoms with Crippen LogP contribution in [0.3, 0.4) is 0 Å². The molecule has 146 valence electrons. The predicted octanol–water partition coefficient (Wildman–Crippen LogP) is 6.26. The molecular formula is C20H40O3Si2. The van der Waals surface area contributed by atoms with Gasteiger partial charge in [-0.15, -0.1) is 0 Å². The number of hydrogen-bond donors (Lipinski definition) is 0. The summed E-state index contributed by atoms with van der Waals surface area (Å²) in [6.07, 6.45) is 7.15. The molecule has 0 amide bonds. The smallest absolute Gasteiger partial charge is 0.192 e. The van der Waals surface area contributed by atoms with Crippen molar-refractivity contribution < 1.29 is 13.6 Å². The zero-order valence-electron chi connectivity index (χ0n) is 18.3. The molecule has 0 aromatic rings.